The van der Waals surface area contributed by atoms with Crippen LogP contribution < -0.4 is 0 Å². The predicted octanol–water partition coefficient (Wildman–Crippen LogP) is 23.3. The van der Waals surface area contributed by atoms with Gasteiger partial charge in [0.15, 0.2) is 0 Å². The summed E-state index contributed by atoms with van der Waals surface area (Å²) in [5, 5.41) is 0. The number of Topliss-reactive ketones (excluding diaryl/α,β-unsaturated/α-hetero) is 1. The van der Waals surface area contributed by atoms with Gasteiger partial charge >= 0.3 is 0 Å². The molecule has 17 aliphatic rings. The molecule has 140 heavy (non-hydrogen) atoms. The fraction of sp³-hybridized carbons (Fsp3) is 0.983. The van der Waals surface area contributed by atoms with Crippen LogP contribution in [0.3, 0.4) is 0 Å². The number of rotatable bonds is 14. The Hall–Kier alpha value is -1.50. The van der Waals surface area contributed by atoms with E-state index >= 15 is 0 Å². The summed E-state index contributed by atoms with van der Waals surface area (Å²) in [4.78, 5) is 62.8. The number of likely N-dealkylation sites (N-methyl/N-ethyl adjacent to an activating group) is 2. The number of piperidine rings is 7. The summed E-state index contributed by atoms with van der Waals surface area (Å²) in [6, 6.07) is 10.2. The lowest BCUT2D eigenvalue weighted by Crippen LogP contribution is -2.52. The van der Waals surface area contributed by atoms with Gasteiger partial charge in [0.25, 0.3) is 0 Å². The molecule has 2 saturated carbocycles. The van der Waals surface area contributed by atoms with Gasteiger partial charge in [-0.3, -0.25) is 39.0 Å². The Kier molecular flexibility index (Phi) is 61.7. The molecule has 0 aromatic rings. The minimum atomic E-state index is 0.264. The van der Waals surface area contributed by atoms with Gasteiger partial charge < -0.3 is 53.7 Å². The number of carbonyl (C=O) groups is 2. The topological polar surface area (TPSA) is 95.2 Å². The SMILES string of the molecule is CC(=O)C1CCN(C(C)(C)C)CC1.CC(C)N1C2CCCC1CC2.CC(C)N1CC2CCC(C1)O2.CC(C)N1CC2CCCC2C1.CC(C)N1CCC(C(=O)N(C)C)CC1.CC(C)N1CCC(C2CC2)CC1.CC(C)N1CCCC1.CC(C)N1CCCCC1.CC(C)N1CCCCC1.CC1CCCN1C(C)(C)C.CC1CCN(C(C)C)CC1.CCN1CCN(C(C)C)CC1.CN1CCN(C(C)(C)C)CC1. The van der Waals surface area contributed by atoms with Gasteiger partial charge in [0.1, 0.15) is 5.78 Å². The smallest absolute Gasteiger partial charge is 0.225 e. The molecule has 7 unspecified atom stereocenters. The second-order valence-electron chi connectivity index (χ2n) is 52.8. The van der Waals surface area contributed by atoms with Crippen molar-refractivity contribution in [3.63, 3.8) is 0 Å². The van der Waals surface area contributed by atoms with Crippen LogP contribution in [-0.4, -0.2) is 402 Å². The Labute approximate surface area is 873 Å². The van der Waals surface area contributed by atoms with Crippen LogP contribution >= 0.6 is 0 Å². The minimum absolute atomic E-state index is 0.264. The largest absolute Gasteiger partial charge is 0.372 e. The number of ether oxygens (including phenoxy) is 1. The zero-order valence-electron chi connectivity index (χ0n) is 101. The van der Waals surface area contributed by atoms with Crippen molar-refractivity contribution in [3.8, 4) is 0 Å². The van der Waals surface area contributed by atoms with Crippen LogP contribution in [0.1, 0.15) is 421 Å². The number of hydrogen-bond acceptors (Lipinski definition) is 18. The van der Waals surface area contributed by atoms with Crippen LogP contribution in [0.2, 0.25) is 0 Å². The molecule has 19 heteroatoms. The Morgan fingerprint density at radius 2 is 0.636 bits per heavy atom. The van der Waals surface area contributed by atoms with Gasteiger partial charge in [0.05, 0.1) is 12.2 Å². The number of likely N-dealkylation sites (tertiary alicyclic amines) is 10. The monoisotopic (exact) mass is 1970 g/mol. The van der Waals surface area contributed by atoms with Gasteiger partial charge in [-0.05, 0) is 523 Å². The first-order valence-electron chi connectivity index (χ1n) is 60.4. The molecule has 0 aromatic carbocycles. The van der Waals surface area contributed by atoms with Crippen molar-refractivity contribution in [2.75, 3.05) is 204 Å². The lowest BCUT2D eigenvalue weighted by molar-refractivity contribution is -0.134. The minimum Gasteiger partial charge on any atom is -0.372 e. The fourth-order valence-corrected chi connectivity index (χ4v) is 24.9. The number of piperazine rings is 2. The van der Waals surface area contributed by atoms with Crippen molar-refractivity contribution in [1.82, 2.24) is 78.4 Å². The fourth-order valence-electron chi connectivity index (χ4n) is 24.9. The molecule has 7 atom stereocenters. The highest BCUT2D eigenvalue weighted by Gasteiger charge is 2.41. The molecule has 0 radical (unpaired) electrons. The van der Waals surface area contributed by atoms with E-state index in [2.05, 4.69) is 302 Å². The molecule has 0 aromatic heterocycles. The lowest BCUT2D eigenvalue weighted by atomic mass is 9.90. The number of hydrogen-bond donors (Lipinski definition) is 0. The van der Waals surface area contributed by atoms with Gasteiger partial charge in [0.2, 0.25) is 5.91 Å². The molecule has 15 aliphatic heterocycles. The molecule has 4 bridgehead atoms. The van der Waals surface area contributed by atoms with Crippen molar-refractivity contribution >= 4 is 11.7 Å². The van der Waals surface area contributed by atoms with Crippen LogP contribution in [0.4, 0.5) is 0 Å². The first-order chi connectivity index (χ1) is 65.9. The molecule has 0 spiro atoms. The predicted molar refractivity (Wildman–Crippen MR) is 610 cm³/mol. The highest BCUT2D eigenvalue weighted by atomic mass is 16.5. The maximum absolute atomic E-state index is 11.7. The van der Waals surface area contributed by atoms with Crippen molar-refractivity contribution in [1.29, 1.82) is 0 Å². The molecule has 15 saturated heterocycles. The van der Waals surface area contributed by atoms with E-state index in [0.29, 0.717) is 53.0 Å². The molecular weight excluding hydrogens is 1730 g/mol. The summed E-state index contributed by atoms with van der Waals surface area (Å²) in [6.07, 6.45) is 42.7. The Morgan fingerprint density at radius 1 is 0.300 bits per heavy atom. The van der Waals surface area contributed by atoms with Crippen LogP contribution in [0.15, 0.2) is 0 Å². The van der Waals surface area contributed by atoms with E-state index < -0.39 is 0 Å². The van der Waals surface area contributed by atoms with Crippen LogP contribution in [-0.2, 0) is 14.3 Å². The van der Waals surface area contributed by atoms with Crippen molar-refractivity contribution in [2.24, 2.45) is 41.4 Å². The van der Waals surface area contributed by atoms with Gasteiger partial charge in [-0.15, -0.1) is 0 Å². The lowest BCUT2D eigenvalue weighted by Gasteiger charge is -2.41. The van der Waals surface area contributed by atoms with Gasteiger partial charge in [0, 0.05) is 200 Å². The molecule has 15 heterocycles. The third-order valence-corrected chi connectivity index (χ3v) is 35.4. The summed E-state index contributed by atoms with van der Waals surface area (Å²) in [7, 11) is 5.88. The van der Waals surface area contributed by atoms with Crippen molar-refractivity contribution in [2.45, 2.75) is 528 Å². The number of fused-ring (bicyclic) bond motifs is 5. The number of amides is 1. The van der Waals surface area contributed by atoms with Gasteiger partial charge in [-0.2, -0.15) is 0 Å². The van der Waals surface area contributed by atoms with Crippen LogP contribution in [0.25, 0.3) is 0 Å². The van der Waals surface area contributed by atoms with E-state index in [1.807, 2.05) is 14.1 Å². The third-order valence-electron chi connectivity index (χ3n) is 35.4. The second-order valence-corrected chi connectivity index (χ2v) is 52.8. The Morgan fingerprint density at radius 3 is 0.950 bits per heavy atom. The summed E-state index contributed by atoms with van der Waals surface area (Å²) in [5.74, 6) is 6.60. The Balaban J connectivity index is 0.000000268. The molecular formula is C121H246N16O3. The standard InChI is InChI=1S/C11H22N2O.C11H21NO.C11H21N.2C10H19N.2C9H20N2.C9H17NO.2C9H19N.2C8H17N.C7H15N/c1-9(2)13-7-5-10(6-8-13)11(14)12(3)4;1-9(13)10-5-7-12(8-6-10)11(2,3)4;1-9(2)12-7-5-11(6-8-12)10-3-4-10;1-8(2)11-6-9-4-3-5-10(9)7-11;1-8(2)11-9-4-3-5-10(11)7-6-9;1-9(2,3)11-7-5-10(4)6-8-11;1-4-10-5-7-11(8-6-10)9(2)3;1-7(2)10-5-8-3-4-9(6-10)11-8;1-8-6-5-7-10(8)9(2,3)4;1-8(2)10-6-4-9(3)5-7-10;2*1-8(2)9-6-4-3-5-7-9;1-7(2)8-5-3-4-6-8/h9-10H,5-8H2,1-4H3;10H,5-8H2,1-4H3;9-11H,3-8H2,1-2H3;2*8-10H,3-7H2,1-2H3;5-8H2,1-4H3;9H,4-8H2,1-3H3;7-9H,3-6H2,1-2H3;8H,5-7H2,1-4H3;8-9H,4-7H2,1-3H3;2*8H,3-7H2,1-2H3;7H,3-6H2,1-2H3. The molecule has 828 valence electrons. The van der Waals surface area contributed by atoms with E-state index in [4.69, 9.17) is 4.74 Å². The number of ketones is 1. The summed E-state index contributed by atoms with van der Waals surface area (Å²) >= 11 is 0. The van der Waals surface area contributed by atoms with E-state index in [-0.39, 0.29) is 11.5 Å². The molecule has 2 aliphatic carbocycles. The molecule has 0 N–H and O–H groups in total. The first kappa shape index (κ1) is 129. The van der Waals surface area contributed by atoms with E-state index in [1.165, 1.54) is 311 Å². The van der Waals surface area contributed by atoms with E-state index in [1.54, 1.807) is 11.8 Å². The van der Waals surface area contributed by atoms with Crippen molar-refractivity contribution < 1.29 is 14.3 Å². The van der Waals surface area contributed by atoms with E-state index in [9.17, 15) is 9.59 Å². The first-order valence-corrected chi connectivity index (χ1v) is 60.4. The van der Waals surface area contributed by atoms with E-state index in [0.717, 1.165) is 161 Å². The molecule has 17 fully saturated rings. The summed E-state index contributed by atoms with van der Waals surface area (Å²) in [6.45, 7) is 110. The number of carbonyl (C=O) groups excluding carboxylic acids is 2. The second kappa shape index (κ2) is 67.0. The quantitative estimate of drug-likeness (QED) is 0.165. The average Bonchev–Trinajstić information content (AvgIpc) is 1.67. The van der Waals surface area contributed by atoms with Crippen molar-refractivity contribution in [3.05, 3.63) is 0 Å². The van der Waals surface area contributed by atoms with Gasteiger partial charge in [-0.25, -0.2) is 0 Å². The Bertz CT molecular complexity index is 3000. The summed E-state index contributed by atoms with van der Waals surface area (Å²) < 4.78 is 5.74. The van der Waals surface area contributed by atoms with Gasteiger partial charge in [-0.1, -0.05) is 39.5 Å². The zero-order valence-corrected chi connectivity index (χ0v) is 101. The molecule has 17 rings (SSSR count). The zero-order chi connectivity index (χ0) is 104. The highest BCUT2D eigenvalue weighted by Crippen LogP contribution is 2.43. The number of morpholine rings is 1. The average molecular weight is 1970 g/mol. The third kappa shape index (κ3) is 49.7. The molecule has 19 nitrogen and oxygen atoms in total. The summed E-state index contributed by atoms with van der Waals surface area (Å²) in [5.41, 5.74) is 1.01. The highest BCUT2D eigenvalue weighted by molar-refractivity contribution is 5.78. The maximum Gasteiger partial charge on any atom is 0.225 e. The van der Waals surface area contributed by atoms with Crippen LogP contribution in [0.5, 0.6) is 0 Å². The maximum atomic E-state index is 11.7. The molecule has 1 amide bonds. The van der Waals surface area contributed by atoms with Crippen LogP contribution in [0, 0.1) is 41.4 Å². The normalized spacial score (nSPS) is 27.3. The number of nitrogens with zero attached hydrogens (tertiary/aromatic N) is 16.